The second kappa shape index (κ2) is 9.08. The second-order valence-corrected chi connectivity index (χ2v) is 9.36. The van der Waals surface area contributed by atoms with Gasteiger partial charge in [0.1, 0.15) is 0 Å². The minimum atomic E-state index is -0.0987. The van der Waals surface area contributed by atoms with E-state index in [2.05, 4.69) is 19.2 Å². The lowest BCUT2D eigenvalue weighted by Gasteiger charge is -2.32. The summed E-state index contributed by atoms with van der Waals surface area (Å²) in [5.41, 5.74) is 7.71. The monoisotopic (exact) mass is 385 g/mol. The summed E-state index contributed by atoms with van der Waals surface area (Å²) in [6.07, 6.45) is 7.56. The third-order valence-electron chi connectivity index (χ3n) is 5.98. The molecule has 3 N–H and O–H groups in total. The summed E-state index contributed by atoms with van der Waals surface area (Å²) in [5.74, 6) is 0.736. The second-order valence-electron chi connectivity index (χ2n) is 9.36. The van der Waals surface area contributed by atoms with Crippen molar-refractivity contribution < 1.29 is 9.59 Å². The van der Waals surface area contributed by atoms with Gasteiger partial charge in [-0.1, -0.05) is 45.2 Å². The lowest BCUT2D eigenvalue weighted by molar-refractivity contribution is -0.134. The first kappa shape index (κ1) is 20.8. The Bertz CT molecular complexity index is 674. The van der Waals surface area contributed by atoms with Crippen molar-refractivity contribution in [1.29, 1.82) is 0 Å². The van der Waals surface area contributed by atoms with Crippen LogP contribution in [-0.4, -0.2) is 29.8 Å². The third kappa shape index (κ3) is 5.81. The first-order valence-corrected chi connectivity index (χ1v) is 10.8. The van der Waals surface area contributed by atoms with Crippen LogP contribution in [0.25, 0.3) is 0 Å². The first-order chi connectivity index (χ1) is 13.4. The molecule has 2 aliphatic carbocycles. The van der Waals surface area contributed by atoms with Crippen LogP contribution in [0.4, 0.5) is 5.69 Å². The van der Waals surface area contributed by atoms with E-state index in [1.807, 2.05) is 29.2 Å². The maximum Gasteiger partial charge on any atom is 0.227 e. The number of benzene rings is 1. The smallest absolute Gasteiger partial charge is 0.227 e. The van der Waals surface area contributed by atoms with Crippen molar-refractivity contribution in [1.82, 2.24) is 4.90 Å². The number of anilines is 1. The molecule has 2 aliphatic rings. The number of carbonyl (C=O) groups excluding carboxylic acids is 2. The van der Waals surface area contributed by atoms with Crippen LogP contribution in [0.2, 0.25) is 0 Å². The lowest BCUT2D eigenvalue weighted by atomic mass is 9.88. The van der Waals surface area contributed by atoms with Crippen molar-refractivity contribution >= 4 is 17.5 Å². The molecule has 5 nitrogen and oxygen atoms in total. The number of hydrogen-bond acceptors (Lipinski definition) is 3. The zero-order valence-electron chi connectivity index (χ0n) is 17.4. The number of nitrogens with zero attached hydrogens (tertiary/aromatic N) is 1. The van der Waals surface area contributed by atoms with E-state index in [4.69, 9.17) is 5.73 Å². The maximum atomic E-state index is 12.7. The van der Waals surface area contributed by atoms with Crippen LogP contribution in [0.1, 0.15) is 64.4 Å². The highest BCUT2D eigenvalue weighted by Crippen LogP contribution is 2.33. The number of hydrogen-bond donors (Lipinski definition) is 2. The van der Waals surface area contributed by atoms with E-state index in [9.17, 15) is 9.59 Å². The van der Waals surface area contributed by atoms with E-state index in [0.717, 1.165) is 49.8 Å². The molecule has 28 heavy (non-hydrogen) atoms. The van der Waals surface area contributed by atoms with Gasteiger partial charge in [-0.15, -0.1) is 0 Å². The molecule has 0 atom stereocenters. The molecule has 2 fully saturated rings. The molecule has 5 heteroatoms. The van der Waals surface area contributed by atoms with Crippen LogP contribution >= 0.6 is 0 Å². The van der Waals surface area contributed by atoms with Gasteiger partial charge in [0, 0.05) is 30.6 Å². The van der Waals surface area contributed by atoms with Gasteiger partial charge >= 0.3 is 0 Å². The standard InChI is InChI=1S/C23H35N3O2/c1-23(2,15-24)16-26(22(28)19-10-11-19)14-17-8-12-20(13-9-17)25-21(27)18-6-4-3-5-7-18/h8-9,12-13,18-19H,3-7,10-11,14-16,24H2,1-2H3,(H,25,27). The lowest BCUT2D eigenvalue weighted by Crippen LogP contribution is -2.42. The molecule has 2 amide bonds. The van der Waals surface area contributed by atoms with Gasteiger partial charge in [-0.25, -0.2) is 0 Å². The van der Waals surface area contributed by atoms with Crippen molar-refractivity contribution in [2.45, 2.75) is 65.3 Å². The highest BCUT2D eigenvalue weighted by molar-refractivity contribution is 5.92. The molecule has 0 saturated heterocycles. The SMILES string of the molecule is CC(C)(CN)CN(Cc1ccc(NC(=O)C2CCCCC2)cc1)C(=O)C1CC1. The molecule has 1 aromatic rings. The Labute approximate surface area is 169 Å². The molecule has 0 bridgehead atoms. The van der Waals surface area contributed by atoms with Gasteiger partial charge in [0.2, 0.25) is 11.8 Å². The van der Waals surface area contributed by atoms with Gasteiger partial charge in [0.25, 0.3) is 0 Å². The number of nitrogens with one attached hydrogen (secondary N) is 1. The van der Waals surface area contributed by atoms with E-state index in [0.29, 0.717) is 19.6 Å². The molecule has 0 aromatic heterocycles. The summed E-state index contributed by atoms with van der Waals surface area (Å²) < 4.78 is 0. The summed E-state index contributed by atoms with van der Waals surface area (Å²) in [7, 11) is 0. The molecule has 0 unspecified atom stereocenters. The zero-order valence-corrected chi connectivity index (χ0v) is 17.4. The highest BCUT2D eigenvalue weighted by Gasteiger charge is 2.35. The summed E-state index contributed by atoms with van der Waals surface area (Å²) in [6.45, 7) is 6.01. The molecule has 154 valence electrons. The first-order valence-electron chi connectivity index (χ1n) is 10.8. The Morgan fingerprint density at radius 1 is 1.04 bits per heavy atom. The fourth-order valence-electron chi connectivity index (χ4n) is 3.90. The van der Waals surface area contributed by atoms with Crippen molar-refractivity contribution in [3.05, 3.63) is 29.8 Å². The summed E-state index contributed by atoms with van der Waals surface area (Å²) in [4.78, 5) is 27.1. The number of carbonyl (C=O) groups is 2. The Balaban J connectivity index is 1.60. The molecule has 1 aromatic carbocycles. The van der Waals surface area contributed by atoms with Crippen molar-refractivity contribution in [2.24, 2.45) is 23.0 Å². The predicted octanol–water partition coefficient (Wildman–Crippen LogP) is 3.93. The average molecular weight is 386 g/mol. The molecule has 0 radical (unpaired) electrons. The van der Waals surface area contributed by atoms with Crippen LogP contribution in [0.15, 0.2) is 24.3 Å². The number of nitrogens with two attached hydrogens (primary N) is 1. The van der Waals surface area contributed by atoms with E-state index in [-0.39, 0.29) is 29.1 Å². The van der Waals surface area contributed by atoms with Crippen molar-refractivity contribution in [3.63, 3.8) is 0 Å². The van der Waals surface area contributed by atoms with E-state index in [1.165, 1.54) is 6.42 Å². The Morgan fingerprint density at radius 2 is 1.68 bits per heavy atom. The van der Waals surface area contributed by atoms with Crippen LogP contribution in [-0.2, 0) is 16.1 Å². The Kier molecular flexibility index (Phi) is 6.76. The quantitative estimate of drug-likeness (QED) is 0.712. The minimum Gasteiger partial charge on any atom is -0.338 e. The summed E-state index contributed by atoms with van der Waals surface area (Å²) in [5, 5.41) is 3.05. The fraction of sp³-hybridized carbons (Fsp3) is 0.652. The van der Waals surface area contributed by atoms with Gasteiger partial charge in [0.15, 0.2) is 0 Å². The zero-order chi connectivity index (χ0) is 20.1. The van der Waals surface area contributed by atoms with Gasteiger partial charge in [-0.05, 0) is 55.3 Å². The van der Waals surface area contributed by atoms with E-state index < -0.39 is 0 Å². The number of amides is 2. The predicted molar refractivity (Wildman–Crippen MR) is 113 cm³/mol. The third-order valence-corrected chi connectivity index (χ3v) is 5.98. The summed E-state index contributed by atoms with van der Waals surface area (Å²) in [6, 6.07) is 7.92. The largest absolute Gasteiger partial charge is 0.338 e. The van der Waals surface area contributed by atoms with Gasteiger partial charge < -0.3 is 16.0 Å². The van der Waals surface area contributed by atoms with Crippen molar-refractivity contribution in [3.8, 4) is 0 Å². The molecule has 0 spiro atoms. The molecular formula is C23H35N3O2. The molecule has 0 heterocycles. The van der Waals surface area contributed by atoms with Crippen LogP contribution < -0.4 is 11.1 Å². The van der Waals surface area contributed by atoms with Gasteiger partial charge in [-0.3, -0.25) is 9.59 Å². The number of rotatable bonds is 8. The van der Waals surface area contributed by atoms with Gasteiger partial charge in [-0.2, -0.15) is 0 Å². The molecule has 2 saturated carbocycles. The average Bonchev–Trinajstić information content (AvgIpc) is 3.54. The Hall–Kier alpha value is -1.88. The molecule has 3 rings (SSSR count). The Morgan fingerprint density at radius 3 is 2.25 bits per heavy atom. The summed E-state index contributed by atoms with van der Waals surface area (Å²) >= 11 is 0. The fourth-order valence-corrected chi connectivity index (χ4v) is 3.90. The minimum absolute atomic E-state index is 0.0987. The van der Waals surface area contributed by atoms with Crippen molar-refractivity contribution in [2.75, 3.05) is 18.4 Å². The topological polar surface area (TPSA) is 75.4 Å². The van der Waals surface area contributed by atoms with Gasteiger partial charge in [0.05, 0.1) is 0 Å². The maximum absolute atomic E-state index is 12.7. The van der Waals surface area contributed by atoms with E-state index in [1.54, 1.807) is 0 Å². The van der Waals surface area contributed by atoms with E-state index >= 15 is 0 Å². The highest BCUT2D eigenvalue weighted by atomic mass is 16.2. The van der Waals surface area contributed by atoms with Crippen LogP contribution in [0, 0.1) is 17.3 Å². The molecule has 0 aliphatic heterocycles. The normalized spacial score (nSPS) is 18.0. The van der Waals surface area contributed by atoms with Crippen LogP contribution in [0.3, 0.4) is 0 Å². The molecular weight excluding hydrogens is 350 g/mol. The van der Waals surface area contributed by atoms with Crippen LogP contribution in [0.5, 0.6) is 0 Å².